The van der Waals surface area contributed by atoms with Crippen molar-refractivity contribution in [1.82, 2.24) is 10.2 Å². The molecule has 5 aliphatic heterocycles. The van der Waals surface area contributed by atoms with Gasteiger partial charge in [-0.3, -0.25) is 15.1 Å². The molecule has 7 N–H and O–H groups in total. The van der Waals surface area contributed by atoms with E-state index in [1.165, 1.54) is 11.6 Å². The quantitative estimate of drug-likeness (QED) is 0.168. The number of aliphatic hydroxyl groups excluding tert-OH is 3. The molecular formula is C48H52N4O7. The van der Waals surface area contributed by atoms with Crippen LogP contribution in [-0.4, -0.2) is 68.3 Å². The number of hydrogen-bond donors (Lipinski definition) is 6. The highest BCUT2D eigenvalue weighted by molar-refractivity contribution is 6.09. The Labute approximate surface area is 345 Å². The average molecular weight is 797 g/mol. The number of aliphatic hydroxyl groups is 3. The predicted molar refractivity (Wildman–Crippen MR) is 221 cm³/mol. The summed E-state index contributed by atoms with van der Waals surface area (Å²) in [6, 6.07) is 7.28. The molecule has 10 atom stereocenters. The Bertz CT molecular complexity index is 2340. The number of aliphatic imine (C=N–C) groups is 1. The molecule has 11 heteroatoms. The molecule has 2 bridgehead atoms. The van der Waals surface area contributed by atoms with Gasteiger partial charge in [-0.1, -0.05) is 61.8 Å². The van der Waals surface area contributed by atoms with E-state index in [2.05, 4.69) is 46.4 Å². The van der Waals surface area contributed by atoms with Crippen LogP contribution in [0.4, 0.5) is 0 Å². The molecule has 1 saturated carbocycles. The van der Waals surface area contributed by atoms with Crippen molar-refractivity contribution in [1.29, 1.82) is 0 Å². The summed E-state index contributed by atoms with van der Waals surface area (Å²) < 4.78 is 13.2. The molecule has 10 rings (SSSR count). The van der Waals surface area contributed by atoms with E-state index in [1.807, 2.05) is 31.3 Å². The highest BCUT2D eigenvalue weighted by Gasteiger charge is 2.50. The molecule has 306 valence electrons. The number of phenols is 1. The molecule has 0 amide bonds. The van der Waals surface area contributed by atoms with Crippen molar-refractivity contribution in [2.45, 2.75) is 114 Å². The second-order valence-corrected chi connectivity index (χ2v) is 18.0. The fourth-order valence-corrected chi connectivity index (χ4v) is 11.2. The molecule has 2 aromatic rings. The first-order chi connectivity index (χ1) is 28.6. The number of Topliss-reactive ketones (excluding diaryl/α,β-unsaturated/α-hetero) is 1. The number of allylic oxidation sites excluding steroid dienone is 2. The number of fused-ring (bicyclic) bond motifs is 6. The lowest BCUT2D eigenvalue weighted by atomic mass is 9.67. The van der Waals surface area contributed by atoms with E-state index in [0.717, 1.165) is 78.6 Å². The molecule has 1 spiro atoms. The first-order valence-corrected chi connectivity index (χ1v) is 21.4. The molecule has 3 aliphatic carbocycles. The zero-order chi connectivity index (χ0) is 40.6. The van der Waals surface area contributed by atoms with Gasteiger partial charge in [-0.25, -0.2) is 0 Å². The molecule has 0 aromatic heterocycles. The number of hydrogen-bond acceptors (Lipinski definition) is 11. The minimum Gasteiger partial charge on any atom is -0.508 e. The van der Waals surface area contributed by atoms with Gasteiger partial charge >= 0.3 is 0 Å². The molecule has 1 fully saturated rings. The molecule has 2 aromatic carbocycles. The van der Waals surface area contributed by atoms with Gasteiger partial charge in [-0.05, 0) is 89.8 Å². The van der Waals surface area contributed by atoms with Crippen LogP contribution in [-0.2, 0) is 11.2 Å². The average Bonchev–Trinajstić information content (AvgIpc) is 3.96. The number of carbonyl (C=O) groups excluding carboxylic acids is 1. The largest absolute Gasteiger partial charge is 0.508 e. The Hall–Kier alpha value is -4.88. The number of ketones is 1. The lowest BCUT2D eigenvalue weighted by Gasteiger charge is -2.41. The molecule has 0 saturated heterocycles. The van der Waals surface area contributed by atoms with E-state index < -0.39 is 41.8 Å². The normalized spacial score (nSPS) is 32.2. The van der Waals surface area contributed by atoms with Gasteiger partial charge < -0.3 is 40.5 Å². The summed E-state index contributed by atoms with van der Waals surface area (Å²) in [7, 11) is 0. The maximum atomic E-state index is 13.2. The third-order valence-corrected chi connectivity index (χ3v) is 14.3. The fraction of sp³-hybridized carbons (Fsp3) is 0.500. The molecule has 0 radical (unpaired) electrons. The number of nitrogens with one attached hydrogen (secondary N) is 1. The van der Waals surface area contributed by atoms with Crippen LogP contribution in [0.3, 0.4) is 0 Å². The van der Waals surface area contributed by atoms with Crippen LogP contribution in [0.25, 0.3) is 0 Å². The van der Waals surface area contributed by atoms with E-state index in [0.29, 0.717) is 30.2 Å². The third-order valence-electron chi connectivity index (χ3n) is 14.3. The summed E-state index contributed by atoms with van der Waals surface area (Å²) in [5.74, 6) is 10.4. The zero-order valence-corrected chi connectivity index (χ0v) is 33.4. The van der Waals surface area contributed by atoms with E-state index in [9.17, 15) is 25.2 Å². The van der Waals surface area contributed by atoms with E-state index >= 15 is 0 Å². The van der Waals surface area contributed by atoms with Gasteiger partial charge in [0.15, 0.2) is 17.7 Å². The van der Waals surface area contributed by atoms with Crippen LogP contribution in [0, 0.1) is 47.0 Å². The summed E-state index contributed by atoms with van der Waals surface area (Å²) in [6.07, 6.45) is 13.4. The van der Waals surface area contributed by atoms with Crippen LogP contribution in [0.1, 0.15) is 117 Å². The maximum absolute atomic E-state index is 13.2. The standard InChI is InChI=1S/C48H52N4O7/c1-26-4-8-31(40(56)18-26)41(57)20-29(53)7-5-27-19-43-42(21-39(27)55)58-17-16-48(14-2-3-15-48)36-12-13-38(54)32-10-11-33-44-28(22-51-46(33)49)6-9-30(45(32)44)34-23-50-37-25-52(24-35(34)37)47(36)59-43/h4,8,10-11,19,21,23-24,26,28,30-31,36,38,40-41,46-47,51,54-57H,2-3,5-7,9,14-15,18,20,22,25,49H2,1H3. The monoisotopic (exact) mass is 796 g/mol. The summed E-state index contributed by atoms with van der Waals surface area (Å²) in [4.78, 5) is 20.4. The van der Waals surface area contributed by atoms with Gasteiger partial charge in [0, 0.05) is 55.3 Å². The van der Waals surface area contributed by atoms with Crippen molar-refractivity contribution in [3.8, 4) is 41.1 Å². The topological polar surface area (TPSA) is 170 Å². The summed E-state index contributed by atoms with van der Waals surface area (Å²) >= 11 is 0. The molecule has 8 aliphatic rings. The molecular weight excluding hydrogens is 745 g/mol. The van der Waals surface area contributed by atoms with Crippen LogP contribution in [0.5, 0.6) is 17.2 Å². The van der Waals surface area contributed by atoms with Gasteiger partial charge in [0.25, 0.3) is 0 Å². The van der Waals surface area contributed by atoms with Crippen LogP contribution < -0.4 is 20.5 Å². The van der Waals surface area contributed by atoms with E-state index in [-0.39, 0.29) is 54.5 Å². The number of nitrogens with two attached hydrogens (primary N) is 1. The summed E-state index contributed by atoms with van der Waals surface area (Å²) in [5, 5.41) is 48.3. The fourth-order valence-electron chi connectivity index (χ4n) is 11.2. The van der Waals surface area contributed by atoms with Crippen molar-refractivity contribution in [3.05, 3.63) is 87.8 Å². The lowest BCUT2D eigenvalue weighted by molar-refractivity contribution is -0.122. The SMILES string of the molecule is CC1C=CC(C(O)CC(=O)CCc2cc3c(cc2O)OC#CC2(CCCC2)C2C#CC(O)c4ccc5c6c4C(CCC6CNC5N)C4=CN=C5CN(C=C45)C2O3)C(O)C1. The van der Waals surface area contributed by atoms with Gasteiger partial charge in [0.1, 0.15) is 23.7 Å². The molecule has 59 heavy (non-hydrogen) atoms. The van der Waals surface area contributed by atoms with Crippen molar-refractivity contribution in [2.75, 3.05) is 13.1 Å². The highest BCUT2D eigenvalue weighted by Crippen LogP contribution is 2.53. The summed E-state index contributed by atoms with van der Waals surface area (Å²) in [5.41, 5.74) is 14.0. The van der Waals surface area contributed by atoms with Crippen molar-refractivity contribution >= 4 is 11.5 Å². The first-order valence-electron chi connectivity index (χ1n) is 21.4. The minimum absolute atomic E-state index is 0.0190. The van der Waals surface area contributed by atoms with Crippen LogP contribution in [0.15, 0.2) is 65.0 Å². The Kier molecular flexibility index (Phi) is 9.74. The Morgan fingerprint density at radius 3 is 2.76 bits per heavy atom. The van der Waals surface area contributed by atoms with Crippen molar-refractivity contribution in [2.24, 2.45) is 33.9 Å². The number of rotatable bonds is 6. The molecule has 10 unspecified atom stereocenters. The molecule has 5 heterocycles. The maximum Gasteiger partial charge on any atom is 0.187 e. The zero-order valence-electron chi connectivity index (χ0n) is 33.4. The number of ether oxygens (including phenoxy) is 2. The number of benzene rings is 2. The number of carbonyl (C=O) groups is 1. The number of phenolic OH excluding ortho intramolecular Hbond substituents is 1. The van der Waals surface area contributed by atoms with Crippen molar-refractivity contribution in [3.63, 3.8) is 0 Å². The smallest absolute Gasteiger partial charge is 0.187 e. The summed E-state index contributed by atoms with van der Waals surface area (Å²) in [6.45, 7) is 3.30. The second-order valence-electron chi connectivity index (χ2n) is 18.0. The van der Waals surface area contributed by atoms with Crippen molar-refractivity contribution < 1.29 is 34.7 Å². The predicted octanol–water partition coefficient (Wildman–Crippen LogP) is 5.26. The molecule has 11 nitrogen and oxygen atoms in total. The van der Waals surface area contributed by atoms with Crippen LogP contribution in [0.2, 0.25) is 0 Å². The lowest BCUT2D eigenvalue weighted by Crippen LogP contribution is -2.47. The van der Waals surface area contributed by atoms with Gasteiger partial charge in [-0.15, -0.1) is 0 Å². The Morgan fingerprint density at radius 1 is 1.10 bits per heavy atom. The Morgan fingerprint density at radius 2 is 1.93 bits per heavy atom. The van der Waals surface area contributed by atoms with Gasteiger partial charge in [0.05, 0.1) is 42.0 Å². The van der Waals surface area contributed by atoms with E-state index in [4.69, 9.17) is 20.2 Å². The van der Waals surface area contributed by atoms with E-state index in [1.54, 1.807) is 6.07 Å². The van der Waals surface area contributed by atoms with Gasteiger partial charge in [0.2, 0.25) is 0 Å². The minimum atomic E-state index is -1.06. The number of aromatic hydroxyl groups is 1. The number of aryl methyl sites for hydroxylation is 1. The first kappa shape index (κ1) is 38.3. The number of nitrogens with zero attached hydrogens (tertiary/aromatic N) is 2. The third kappa shape index (κ3) is 6.68. The Balaban J connectivity index is 1.01. The second kappa shape index (κ2) is 15.0. The van der Waals surface area contributed by atoms with Gasteiger partial charge in [-0.2, -0.15) is 0 Å². The van der Waals surface area contributed by atoms with Crippen LogP contribution >= 0.6 is 0 Å². The highest BCUT2D eigenvalue weighted by atomic mass is 16.5.